The highest BCUT2D eigenvalue weighted by Crippen LogP contribution is 2.35. The molecular weight excluding hydrogens is 272 g/mol. The van der Waals surface area contributed by atoms with Crippen LogP contribution in [0.1, 0.15) is 6.92 Å². The third-order valence-electron chi connectivity index (χ3n) is 2.09. The van der Waals surface area contributed by atoms with Crippen LogP contribution in [-0.2, 0) is 4.79 Å². The predicted molar refractivity (Wildman–Crippen MR) is 72.9 cm³/mol. The molecule has 1 amide bonds. The summed E-state index contributed by atoms with van der Waals surface area (Å²) in [5.41, 5.74) is 6.20. The minimum absolute atomic E-state index is 0.193. The molecule has 0 saturated heterocycles. The molecule has 0 aliphatic carbocycles. The summed E-state index contributed by atoms with van der Waals surface area (Å²) in [6, 6.07) is 7.32. The zero-order chi connectivity index (χ0) is 13.1. The fourth-order valence-corrected chi connectivity index (χ4v) is 2.30. The first-order valence-electron chi connectivity index (χ1n) is 5.11. The van der Waals surface area contributed by atoms with E-state index in [9.17, 15) is 4.79 Å². The van der Waals surface area contributed by atoms with Crippen molar-refractivity contribution >= 4 is 40.8 Å². The minimum Gasteiger partial charge on any atom is -0.382 e. The molecule has 0 bridgehead atoms. The monoisotopic (exact) mass is 282 g/mol. The highest BCUT2D eigenvalue weighted by Gasteiger charge is 2.13. The van der Waals surface area contributed by atoms with Gasteiger partial charge in [0, 0.05) is 16.8 Å². The van der Waals surface area contributed by atoms with Crippen LogP contribution < -0.4 is 11.1 Å². The Morgan fingerprint density at radius 1 is 1.44 bits per heavy atom. The Labute approximate surface area is 113 Å². The van der Waals surface area contributed by atoms with Gasteiger partial charge in [-0.2, -0.15) is 5.10 Å². The number of nitrogens with two attached hydrogens (primary N) is 1. The number of nitrogen functional groups attached to an aromatic ring is 1. The normalized spacial score (nSPS) is 10.3. The molecule has 0 atom stereocenters. The summed E-state index contributed by atoms with van der Waals surface area (Å²) in [6.45, 7) is 1.42. The van der Waals surface area contributed by atoms with Crippen molar-refractivity contribution in [3.05, 3.63) is 29.3 Å². The quantitative estimate of drug-likeness (QED) is 0.808. The molecule has 1 heterocycles. The van der Waals surface area contributed by atoms with Gasteiger partial charge in [0.1, 0.15) is 16.5 Å². The van der Waals surface area contributed by atoms with Crippen LogP contribution in [0.25, 0.3) is 0 Å². The van der Waals surface area contributed by atoms with Gasteiger partial charge in [0.15, 0.2) is 0 Å². The van der Waals surface area contributed by atoms with Gasteiger partial charge in [-0.25, -0.2) is 0 Å². The Morgan fingerprint density at radius 2 is 2.11 bits per heavy atom. The number of carbonyl (C=O) groups excluding carboxylic acids is 1. The van der Waals surface area contributed by atoms with Gasteiger partial charge in [0.05, 0.1) is 0 Å². The Balaban J connectivity index is 2.23. The third-order valence-corrected chi connectivity index (χ3v) is 3.34. The molecule has 0 spiro atoms. The molecule has 94 valence electrons. The number of amides is 1. The number of H-pyrrole nitrogens is 1. The van der Waals surface area contributed by atoms with Crippen LogP contribution in [0.3, 0.4) is 0 Å². The Kier molecular flexibility index (Phi) is 3.78. The van der Waals surface area contributed by atoms with E-state index in [1.54, 1.807) is 12.1 Å². The standard InChI is InChI=1S/C11H11ClN4OS/c1-6(17)14-9-10(13)15-16-11(9)18-8-4-2-7(12)3-5-8/h2-5H,1H3,(H,14,17)(H3,13,15,16). The second kappa shape index (κ2) is 5.32. The second-order valence-electron chi connectivity index (χ2n) is 3.55. The van der Waals surface area contributed by atoms with Gasteiger partial charge < -0.3 is 11.1 Å². The molecule has 0 fully saturated rings. The molecule has 2 rings (SSSR count). The van der Waals surface area contributed by atoms with Crippen molar-refractivity contribution in [3.8, 4) is 0 Å². The van der Waals surface area contributed by atoms with E-state index in [0.29, 0.717) is 21.6 Å². The largest absolute Gasteiger partial charge is 0.382 e. The average molecular weight is 283 g/mol. The third kappa shape index (κ3) is 2.96. The van der Waals surface area contributed by atoms with Crippen molar-refractivity contribution in [2.24, 2.45) is 0 Å². The number of rotatable bonds is 3. The summed E-state index contributed by atoms with van der Waals surface area (Å²) in [7, 11) is 0. The van der Waals surface area contributed by atoms with E-state index in [1.807, 2.05) is 12.1 Å². The van der Waals surface area contributed by atoms with Crippen molar-refractivity contribution in [1.82, 2.24) is 10.2 Å². The first-order chi connectivity index (χ1) is 8.56. The lowest BCUT2D eigenvalue weighted by Crippen LogP contribution is -2.07. The van der Waals surface area contributed by atoms with Crippen molar-refractivity contribution in [1.29, 1.82) is 0 Å². The molecule has 0 unspecified atom stereocenters. The number of nitrogens with zero attached hydrogens (tertiary/aromatic N) is 1. The summed E-state index contributed by atoms with van der Waals surface area (Å²) in [5.74, 6) is 0.141. The van der Waals surface area contributed by atoms with E-state index in [-0.39, 0.29) is 5.91 Å². The zero-order valence-corrected chi connectivity index (χ0v) is 11.1. The van der Waals surface area contributed by atoms with Crippen LogP contribution in [0.15, 0.2) is 34.2 Å². The smallest absolute Gasteiger partial charge is 0.221 e. The van der Waals surface area contributed by atoms with Gasteiger partial charge in [-0.1, -0.05) is 23.4 Å². The Bertz CT molecular complexity index is 567. The maximum atomic E-state index is 11.1. The molecule has 7 heteroatoms. The number of nitrogens with one attached hydrogen (secondary N) is 2. The van der Waals surface area contributed by atoms with Crippen molar-refractivity contribution in [3.63, 3.8) is 0 Å². The lowest BCUT2D eigenvalue weighted by molar-refractivity contribution is -0.114. The average Bonchev–Trinajstić information content (AvgIpc) is 2.64. The summed E-state index contributed by atoms with van der Waals surface area (Å²) >= 11 is 7.20. The fourth-order valence-electron chi connectivity index (χ4n) is 1.32. The molecule has 18 heavy (non-hydrogen) atoms. The first kappa shape index (κ1) is 12.8. The number of benzene rings is 1. The molecule has 1 aromatic carbocycles. The fraction of sp³-hybridized carbons (Fsp3) is 0.0909. The molecule has 0 aliphatic heterocycles. The lowest BCUT2D eigenvalue weighted by Gasteiger charge is -2.03. The number of carbonyl (C=O) groups is 1. The summed E-state index contributed by atoms with van der Waals surface area (Å²) in [6.07, 6.45) is 0. The molecular formula is C11H11ClN4OS. The molecule has 0 aliphatic rings. The molecule has 0 radical (unpaired) electrons. The van der Waals surface area contributed by atoms with Crippen LogP contribution in [0.2, 0.25) is 5.02 Å². The molecule has 1 aromatic heterocycles. The molecule has 0 saturated carbocycles. The number of hydrogen-bond acceptors (Lipinski definition) is 4. The SMILES string of the molecule is CC(=O)Nc1c(Sc2ccc(Cl)cc2)n[nH]c1N. The van der Waals surface area contributed by atoms with E-state index in [4.69, 9.17) is 17.3 Å². The predicted octanol–water partition coefficient (Wildman–Crippen LogP) is 2.75. The van der Waals surface area contributed by atoms with Crippen LogP contribution in [-0.4, -0.2) is 16.1 Å². The van der Waals surface area contributed by atoms with Crippen molar-refractivity contribution in [2.45, 2.75) is 16.8 Å². The van der Waals surface area contributed by atoms with E-state index in [1.165, 1.54) is 18.7 Å². The zero-order valence-electron chi connectivity index (χ0n) is 9.53. The van der Waals surface area contributed by atoms with Gasteiger partial charge in [0.2, 0.25) is 5.91 Å². The molecule has 4 N–H and O–H groups in total. The van der Waals surface area contributed by atoms with E-state index in [2.05, 4.69) is 15.5 Å². The van der Waals surface area contributed by atoms with Crippen LogP contribution in [0.4, 0.5) is 11.5 Å². The summed E-state index contributed by atoms with van der Waals surface area (Å²) < 4.78 is 0. The number of halogens is 1. The maximum absolute atomic E-state index is 11.1. The van der Waals surface area contributed by atoms with E-state index < -0.39 is 0 Å². The second-order valence-corrected chi connectivity index (χ2v) is 5.05. The summed E-state index contributed by atoms with van der Waals surface area (Å²) in [4.78, 5) is 12.0. The Hall–Kier alpha value is -1.66. The van der Waals surface area contributed by atoms with Crippen molar-refractivity contribution < 1.29 is 4.79 Å². The van der Waals surface area contributed by atoms with E-state index in [0.717, 1.165) is 4.90 Å². The van der Waals surface area contributed by atoms with Crippen LogP contribution in [0, 0.1) is 0 Å². The van der Waals surface area contributed by atoms with Crippen molar-refractivity contribution in [2.75, 3.05) is 11.1 Å². The maximum Gasteiger partial charge on any atom is 0.221 e. The number of anilines is 2. The lowest BCUT2D eigenvalue weighted by atomic mass is 10.4. The van der Waals surface area contributed by atoms with Gasteiger partial charge in [-0.15, -0.1) is 0 Å². The minimum atomic E-state index is -0.193. The van der Waals surface area contributed by atoms with E-state index >= 15 is 0 Å². The highest BCUT2D eigenvalue weighted by atomic mass is 35.5. The molecule has 2 aromatic rings. The highest BCUT2D eigenvalue weighted by molar-refractivity contribution is 7.99. The topological polar surface area (TPSA) is 83.8 Å². The van der Waals surface area contributed by atoms with Gasteiger partial charge in [-0.3, -0.25) is 9.89 Å². The summed E-state index contributed by atoms with van der Waals surface area (Å²) in [5, 5.41) is 10.6. The van der Waals surface area contributed by atoms with Crippen LogP contribution >= 0.6 is 23.4 Å². The Morgan fingerprint density at radius 3 is 2.72 bits per heavy atom. The van der Waals surface area contributed by atoms with Crippen LogP contribution in [0.5, 0.6) is 0 Å². The van der Waals surface area contributed by atoms with Gasteiger partial charge in [-0.05, 0) is 24.3 Å². The van der Waals surface area contributed by atoms with Gasteiger partial charge in [0.25, 0.3) is 0 Å². The number of aromatic nitrogens is 2. The number of aromatic amines is 1. The van der Waals surface area contributed by atoms with Gasteiger partial charge >= 0.3 is 0 Å². The number of hydrogen-bond donors (Lipinski definition) is 3. The first-order valence-corrected chi connectivity index (χ1v) is 6.30. The molecule has 5 nitrogen and oxygen atoms in total.